The number of methoxy groups -OCH3 is 1. The van der Waals surface area contributed by atoms with E-state index in [0.717, 1.165) is 30.7 Å². The van der Waals surface area contributed by atoms with E-state index in [1.165, 1.54) is 0 Å². The molecule has 2 unspecified atom stereocenters. The Kier molecular flexibility index (Phi) is 5.01. The van der Waals surface area contributed by atoms with E-state index in [2.05, 4.69) is 6.92 Å². The van der Waals surface area contributed by atoms with Gasteiger partial charge in [0.15, 0.2) is 0 Å². The lowest BCUT2D eigenvalue weighted by atomic mass is 10.0. The number of likely N-dealkylation sites (tertiary alicyclic amines) is 1. The zero-order valence-electron chi connectivity index (χ0n) is 12.3. The van der Waals surface area contributed by atoms with Gasteiger partial charge in [0.25, 0.3) is 0 Å². The van der Waals surface area contributed by atoms with Crippen molar-refractivity contribution in [2.75, 3.05) is 20.2 Å². The van der Waals surface area contributed by atoms with Gasteiger partial charge in [-0.15, -0.1) is 0 Å². The topological polar surface area (TPSA) is 55.6 Å². The van der Waals surface area contributed by atoms with Gasteiger partial charge in [-0.1, -0.05) is 25.5 Å². The Morgan fingerprint density at radius 1 is 1.40 bits per heavy atom. The fourth-order valence-corrected chi connectivity index (χ4v) is 2.83. The third-order valence-electron chi connectivity index (χ3n) is 3.95. The smallest absolute Gasteiger partial charge is 0.222 e. The van der Waals surface area contributed by atoms with Gasteiger partial charge in [0.1, 0.15) is 5.75 Å². The lowest BCUT2D eigenvalue weighted by molar-refractivity contribution is -0.127. The summed E-state index contributed by atoms with van der Waals surface area (Å²) >= 11 is 0. The first-order valence-electron chi connectivity index (χ1n) is 7.31. The molecule has 2 N–H and O–H groups in total. The lowest BCUT2D eigenvalue weighted by Gasteiger charge is -2.21. The predicted molar refractivity (Wildman–Crippen MR) is 79.5 cm³/mol. The molecular formula is C16H24N2O2. The molecule has 20 heavy (non-hydrogen) atoms. The summed E-state index contributed by atoms with van der Waals surface area (Å²) in [7, 11) is 1.64. The van der Waals surface area contributed by atoms with E-state index in [9.17, 15) is 4.79 Å². The molecule has 1 heterocycles. The second-order valence-corrected chi connectivity index (χ2v) is 5.54. The SMILES string of the molecule is CCCC1CC(=O)N(CC(N)c2ccc(OC)cc2)C1. The van der Waals surface area contributed by atoms with Crippen molar-refractivity contribution < 1.29 is 9.53 Å². The molecule has 1 aromatic rings. The Morgan fingerprint density at radius 2 is 2.10 bits per heavy atom. The highest BCUT2D eigenvalue weighted by atomic mass is 16.5. The van der Waals surface area contributed by atoms with Gasteiger partial charge in [0.2, 0.25) is 5.91 Å². The van der Waals surface area contributed by atoms with Crippen molar-refractivity contribution >= 4 is 5.91 Å². The molecule has 4 nitrogen and oxygen atoms in total. The van der Waals surface area contributed by atoms with Crippen LogP contribution in [0.1, 0.15) is 37.8 Å². The Morgan fingerprint density at radius 3 is 2.70 bits per heavy atom. The second kappa shape index (κ2) is 6.75. The van der Waals surface area contributed by atoms with Crippen molar-refractivity contribution in [3.8, 4) is 5.75 Å². The number of hydrogen-bond acceptors (Lipinski definition) is 3. The Labute approximate surface area is 120 Å². The van der Waals surface area contributed by atoms with Gasteiger partial charge in [0, 0.05) is 25.6 Å². The van der Waals surface area contributed by atoms with Crippen molar-refractivity contribution in [3.63, 3.8) is 0 Å². The summed E-state index contributed by atoms with van der Waals surface area (Å²) in [6.07, 6.45) is 2.94. The van der Waals surface area contributed by atoms with Gasteiger partial charge < -0.3 is 15.4 Å². The van der Waals surface area contributed by atoms with Crippen molar-refractivity contribution in [2.24, 2.45) is 11.7 Å². The minimum atomic E-state index is -0.134. The van der Waals surface area contributed by atoms with Crippen molar-refractivity contribution in [1.82, 2.24) is 4.90 Å². The summed E-state index contributed by atoms with van der Waals surface area (Å²) in [6, 6.07) is 7.60. The average Bonchev–Trinajstić information content (AvgIpc) is 2.79. The van der Waals surface area contributed by atoms with Crippen LogP contribution in [0.3, 0.4) is 0 Å². The van der Waals surface area contributed by atoms with Gasteiger partial charge in [0.05, 0.1) is 7.11 Å². The van der Waals surface area contributed by atoms with Gasteiger partial charge >= 0.3 is 0 Å². The molecule has 0 saturated carbocycles. The van der Waals surface area contributed by atoms with Gasteiger partial charge in [-0.05, 0) is 30.0 Å². The summed E-state index contributed by atoms with van der Waals surface area (Å²) < 4.78 is 5.14. The first-order valence-corrected chi connectivity index (χ1v) is 7.31. The molecule has 1 aliphatic rings. The van der Waals surface area contributed by atoms with Crippen LogP contribution in [-0.4, -0.2) is 31.0 Å². The third kappa shape index (κ3) is 3.51. The highest BCUT2D eigenvalue weighted by Gasteiger charge is 2.29. The predicted octanol–water partition coefficient (Wildman–Crippen LogP) is 2.34. The standard InChI is InChI=1S/C16H24N2O2/c1-3-4-12-9-16(19)18(10-12)11-15(17)13-5-7-14(20-2)8-6-13/h5-8,12,15H,3-4,9-11,17H2,1-2H3. The first-order chi connectivity index (χ1) is 9.63. The van der Waals surface area contributed by atoms with Crippen LogP contribution in [0.15, 0.2) is 24.3 Å². The monoisotopic (exact) mass is 276 g/mol. The van der Waals surface area contributed by atoms with E-state index in [-0.39, 0.29) is 11.9 Å². The van der Waals surface area contributed by atoms with E-state index in [1.807, 2.05) is 29.2 Å². The molecule has 0 bridgehead atoms. The van der Waals surface area contributed by atoms with E-state index in [1.54, 1.807) is 7.11 Å². The summed E-state index contributed by atoms with van der Waals surface area (Å²) in [4.78, 5) is 13.9. The quantitative estimate of drug-likeness (QED) is 0.867. The Balaban J connectivity index is 1.93. The van der Waals surface area contributed by atoms with E-state index >= 15 is 0 Å². The van der Waals surface area contributed by atoms with Gasteiger partial charge in [-0.3, -0.25) is 4.79 Å². The van der Waals surface area contributed by atoms with Crippen LogP contribution in [0, 0.1) is 5.92 Å². The molecule has 1 fully saturated rings. The number of nitrogens with zero attached hydrogens (tertiary/aromatic N) is 1. The number of benzene rings is 1. The number of nitrogens with two attached hydrogens (primary N) is 1. The number of carbonyl (C=O) groups is 1. The molecule has 1 aliphatic heterocycles. The average molecular weight is 276 g/mol. The maximum absolute atomic E-state index is 12.0. The van der Waals surface area contributed by atoms with Gasteiger partial charge in [-0.2, -0.15) is 0 Å². The highest BCUT2D eigenvalue weighted by Crippen LogP contribution is 2.24. The Hall–Kier alpha value is -1.55. The van der Waals surface area contributed by atoms with Crippen molar-refractivity contribution in [1.29, 1.82) is 0 Å². The largest absolute Gasteiger partial charge is 0.497 e. The summed E-state index contributed by atoms with van der Waals surface area (Å²) in [5, 5.41) is 0. The molecular weight excluding hydrogens is 252 g/mol. The molecule has 2 rings (SSSR count). The van der Waals surface area contributed by atoms with Crippen molar-refractivity contribution in [2.45, 2.75) is 32.2 Å². The summed E-state index contributed by atoms with van der Waals surface area (Å²) in [6.45, 7) is 3.62. The second-order valence-electron chi connectivity index (χ2n) is 5.54. The van der Waals surface area contributed by atoms with E-state index in [4.69, 9.17) is 10.5 Å². The summed E-state index contributed by atoms with van der Waals surface area (Å²) in [5.74, 6) is 1.57. The van der Waals surface area contributed by atoms with Crippen LogP contribution in [0.25, 0.3) is 0 Å². The van der Waals surface area contributed by atoms with Crippen molar-refractivity contribution in [3.05, 3.63) is 29.8 Å². The fraction of sp³-hybridized carbons (Fsp3) is 0.562. The molecule has 4 heteroatoms. The minimum Gasteiger partial charge on any atom is -0.497 e. The molecule has 0 radical (unpaired) electrons. The molecule has 110 valence electrons. The zero-order valence-corrected chi connectivity index (χ0v) is 12.3. The van der Waals surface area contributed by atoms with Gasteiger partial charge in [-0.25, -0.2) is 0 Å². The highest BCUT2D eigenvalue weighted by molar-refractivity contribution is 5.78. The van der Waals surface area contributed by atoms with Crippen LogP contribution < -0.4 is 10.5 Å². The number of amides is 1. The Bertz CT molecular complexity index is 444. The summed E-state index contributed by atoms with van der Waals surface area (Å²) in [5.41, 5.74) is 7.25. The number of rotatable bonds is 6. The molecule has 1 aromatic carbocycles. The zero-order chi connectivity index (χ0) is 14.5. The molecule has 0 aliphatic carbocycles. The molecule has 1 saturated heterocycles. The fourth-order valence-electron chi connectivity index (χ4n) is 2.83. The normalized spacial score (nSPS) is 20.2. The maximum atomic E-state index is 12.0. The first kappa shape index (κ1) is 14.9. The van der Waals surface area contributed by atoms with Crippen LogP contribution in [0.2, 0.25) is 0 Å². The lowest BCUT2D eigenvalue weighted by Crippen LogP contribution is -2.33. The van der Waals surface area contributed by atoms with Crippen LogP contribution in [0.4, 0.5) is 0 Å². The van der Waals surface area contributed by atoms with E-state index in [0.29, 0.717) is 18.9 Å². The molecule has 1 amide bonds. The van der Waals surface area contributed by atoms with Crippen LogP contribution in [-0.2, 0) is 4.79 Å². The number of hydrogen-bond donors (Lipinski definition) is 1. The van der Waals surface area contributed by atoms with E-state index < -0.39 is 0 Å². The third-order valence-corrected chi connectivity index (χ3v) is 3.95. The molecule has 0 spiro atoms. The number of carbonyl (C=O) groups excluding carboxylic acids is 1. The maximum Gasteiger partial charge on any atom is 0.222 e. The number of ether oxygens (including phenoxy) is 1. The van der Waals surface area contributed by atoms with Crippen LogP contribution in [0.5, 0.6) is 5.75 Å². The van der Waals surface area contributed by atoms with Crippen LogP contribution >= 0.6 is 0 Å². The minimum absolute atomic E-state index is 0.134. The molecule has 0 aromatic heterocycles. The molecule has 2 atom stereocenters.